The molecule has 4 nitrogen and oxygen atoms in total. The second-order valence-electron chi connectivity index (χ2n) is 4.28. The monoisotopic (exact) mass is 276 g/mol. The van der Waals surface area contributed by atoms with Crippen LogP contribution >= 0.6 is 11.6 Å². The Kier molecular flexibility index (Phi) is 4.58. The van der Waals surface area contributed by atoms with Crippen molar-refractivity contribution in [1.29, 1.82) is 0 Å². The fourth-order valence-electron chi connectivity index (χ4n) is 1.62. The van der Waals surface area contributed by atoms with Gasteiger partial charge in [-0.15, -0.1) is 0 Å². The summed E-state index contributed by atoms with van der Waals surface area (Å²) >= 11 is 5.99. The highest BCUT2D eigenvalue weighted by Crippen LogP contribution is 2.22. The topological polar surface area (TPSA) is 49.8 Å². The second kappa shape index (κ2) is 6.38. The zero-order valence-electron chi connectivity index (χ0n) is 11.1. The third-order valence-corrected chi connectivity index (χ3v) is 2.89. The molecule has 1 heterocycles. The van der Waals surface area contributed by atoms with Crippen LogP contribution in [0.25, 0.3) is 0 Å². The van der Waals surface area contributed by atoms with E-state index in [1.165, 1.54) is 0 Å². The summed E-state index contributed by atoms with van der Waals surface area (Å²) in [6.45, 7) is 5.02. The van der Waals surface area contributed by atoms with Gasteiger partial charge in [-0.3, -0.25) is 0 Å². The number of aromatic nitrogens is 2. The van der Waals surface area contributed by atoms with Gasteiger partial charge in [-0.1, -0.05) is 24.6 Å². The van der Waals surface area contributed by atoms with E-state index < -0.39 is 0 Å². The van der Waals surface area contributed by atoms with Crippen LogP contribution in [0.3, 0.4) is 0 Å². The van der Waals surface area contributed by atoms with Crippen LogP contribution in [0.4, 0.5) is 17.5 Å². The molecule has 0 aliphatic rings. The smallest absolute Gasteiger partial charge is 0.229 e. The number of halogens is 1. The molecule has 0 saturated heterocycles. The molecular weight excluding hydrogens is 260 g/mol. The van der Waals surface area contributed by atoms with Gasteiger partial charge in [-0.2, -0.15) is 4.98 Å². The van der Waals surface area contributed by atoms with E-state index in [0.717, 1.165) is 30.0 Å². The lowest BCUT2D eigenvalue weighted by molar-refractivity contribution is 0.966. The first-order chi connectivity index (χ1) is 9.19. The van der Waals surface area contributed by atoms with Crippen LogP contribution in [-0.4, -0.2) is 16.5 Å². The SMILES string of the molecule is CCCNc1ccnc(Nc2cc(Cl)ccc2C)n1. The predicted molar refractivity (Wildman–Crippen MR) is 80.3 cm³/mol. The van der Waals surface area contributed by atoms with E-state index in [9.17, 15) is 0 Å². The number of hydrogen-bond acceptors (Lipinski definition) is 4. The van der Waals surface area contributed by atoms with Gasteiger partial charge in [0.05, 0.1) is 0 Å². The van der Waals surface area contributed by atoms with E-state index >= 15 is 0 Å². The maximum Gasteiger partial charge on any atom is 0.229 e. The molecule has 1 aromatic heterocycles. The van der Waals surface area contributed by atoms with Crippen LogP contribution in [0, 0.1) is 6.92 Å². The first-order valence-electron chi connectivity index (χ1n) is 6.29. The molecule has 2 aromatic rings. The summed E-state index contributed by atoms with van der Waals surface area (Å²) in [7, 11) is 0. The minimum absolute atomic E-state index is 0.562. The van der Waals surface area contributed by atoms with Crippen LogP contribution in [0.2, 0.25) is 5.02 Å². The van der Waals surface area contributed by atoms with Crippen molar-refractivity contribution in [1.82, 2.24) is 9.97 Å². The molecule has 1 aromatic carbocycles. The Morgan fingerprint density at radius 1 is 1.26 bits per heavy atom. The highest BCUT2D eigenvalue weighted by Gasteiger charge is 2.03. The maximum atomic E-state index is 5.99. The molecule has 0 radical (unpaired) electrons. The number of hydrogen-bond donors (Lipinski definition) is 2. The molecular formula is C14H17ClN4. The van der Waals surface area contributed by atoms with Gasteiger partial charge in [0.15, 0.2) is 0 Å². The highest BCUT2D eigenvalue weighted by molar-refractivity contribution is 6.30. The molecule has 19 heavy (non-hydrogen) atoms. The van der Waals surface area contributed by atoms with Gasteiger partial charge < -0.3 is 10.6 Å². The number of rotatable bonds is 5. The fourth-order valence-corrected chi connectivity index (χ4v) is 1.79. The van der Waals surface area contributed by atoms with Crippen molar-refractivity contribution >= 4 is 29.1 Å². The Bertz CT molecular complexity index is 557. The molecule has 0 amide bonds. The molecule has 0 spiro atoms. The molecule has 2 rings (SSSR count). The van der Waals surface area contributed by atoms with E-state index in [4.69, 9.17) is 11.6 Å². The van der Waals surface area contributed by atoms with Gasteiger partial charge in [0.25, 0.3) is 0 Å². The molecule has 0 atom stereocenters. The molecule has 0 aliphatic carbocycles. The van der Waals surface area contributed by atoms with Crippen LogP contribution in [0.15, 0.2) is 30.5 Å². The summed E-state index contributed by atoms with van der Waals surface area (Å²) in [6.07, 6.45) is 2.79. The second-order valence-corrected chi connectivity index (χ2v) is 4.71. The van der Waals surface area contributed by atoms with Crippen molar-refractivity contribution in [3.8, 4) is 0 Å². The highest BCUT2D eigenvalue weighted by atomic mass is 35.5. The minimum Gasteiger partial charge on any atom is -0.370 e. The minimum atomic E-state index is 0.562. The van der Waals surface area contributed by atoms with E-state index in [1.807, 2.05) is 31.2 Å². The molecule has 0 bridgehead atoms. The Labute approximate surface area is 118 Å². The Morgan fingerprint density at radius 2 is 2.11 bits per heavy atom. The fraction of sp³-hybridized carbons (Fsp3) is 0.286. The van der Waals surface area contributed by atoms with E-state index in [2.05, 4.69) is 27.5 Å². The van der Waals surface area contributed by atoms with Crippen molar-refractivity contribution in [3.63, 3.8) is 0 Å². The predicted octanol–water partition coefficient (Wildman–Crippen LogP) is 4.00. The van der Waals surface area contributed by atoms with Gasteiger partial charge in [-0.05, 0) is 37.1 Å². The van der Waals surface area contributed by atoms with Crippen LogP contribution in [-0.2, 0) is 0 Å². The molecule has 0 unspecified atom stereocenters. The summed E-state index contributed by atoms with van der Waals surface area (Å²) in [4.78, 5) is 8.61. The number of nitrogens with zero attached hydrogens (tertiary/aromatic N) is 2. The van der Waals surface area contributed by atoms with Crippen LogP contribution in [0.5, 0.6) is 0 Å². The number of benzene rings is 1. The van der Waals surface area contributed by atoms with Crippen molar-refractivity contribution < 1.29 is 0 Å². The number of nitrogens with one attached hydrogen (secondary N) is 2. The quantitative estimate of drug-likeness (QED) is 0.866. The zero-order valence-corrected chi connectivity index (χ0v) is 11.8. The average molecular weight is 277 g/mol. The summed E-state index contributed by atoms with van der Waals surface area (Å²) in [5.74, 6) is 1.38. The number of aryl methyl sites for hydroxylation is 1. The first kappa shape index (κ1) is 13.6. The number of anilines is 3. The summed E-state index contributed by atoms with van der Waals surface area (Å²) in [5, 5.41) is 7.10. The van der Waals surface area contributed by atoms with Gasteiger partial charge in [-0.25, -0.2) is 4.98 Å². The summed E-state index contributed by atoms with van der Waals surface area (Å²) in [6, 6.07) is 7.55. The van der Waals surface area contributed by atoms with E-state index in [-0.39, 0.29) is 0 Å². The lowest BCUT2D eigenvalue weighted by Crippen LogP contribution is -2.05. The molecule has 0 aliphatic heterocycles. The third kappa shape index (κ3) is 3.83. The largest absolute Gasteiger partial charge is 0.370 e. The lowest BCUT2D eigenvalue weighted by Gasteiger charge is -2.10. The Morgan fingerprint density at radius 3 is 2.89 bits per heavy atom. The van der Waals surface area contributed by atoms with Gasteiger partial charge in [0.2, 0.25) is 5.95 Å². The molecule has 100 valence electrons. The van der Waals surface area contributed by atoms with Gasteiger partial charge >= 0.3 is 0 Å². The van der Waals surface area contributed by atoms with Crippen molar-refractivity contribution in [3.05, 3.63) is 41.0 Å². The summed E-state index contributed by atoms with van der Waals surface area (Å²) in [5.41, 5.74) is 2.01. The standard InChI is InChI=1S/C14H17ClN4/c1-3-7-16-13-6-8-17-14(19-13)18-12-9-11(15)5-4-10(12)2/h4-6,8-9H,3,7H2,1-2H3,(H2,16,17,18,19). The molecule has 0 saturated carbocycles. The first-order valence-corrected chi connectivity index (χ1v) is 6.67. The zero-order chi connectivity index (χ0) is 13.7. The van der Waals surface area contributed by atoms with Crippen molar-refractivity contribution in [2.24, 2.45) is 0 Å². The molecule has 0 fully saturated rings. The van der Waals surface area contributed by atoms with Crippen LogP contribution < -0.4 is 10.6 Å². The lowest BCUT2D eigenvalue weighted by atomic mass is 10.2. The normalized spacial score (nSPS) is 10.3. The van der Waals surface area contributed by atoms with E-state index in [0.29, 0.717) is 11.0 Å². The van der Waals surface area contributed by atoms with Crippen molar-refractivity contribution in [2.75, 3.05) is 17.2 Å². The molecule has 5 heteroatoms. The van der Waals surface area contributed by atoms with Gasteiger partial charge in [0.1, 0.15) is 5.82 Å². The third-order valence-electron chi connectivity index (χ3n) is 2.66. The van der Waals surface area contributed by atoms with E-state index in [1.54, 1.807) is 6.20 Å². The van der Waals surface area contributed by atoms with Crippen LogP contribution in [0.1, 0.15) is 18.9 Å². The Balaban J connectivity index is 2.16. The maximum absolute atomic E-state index is 5.99. The Hall–Kier alpha value is -1.81. The van der Waals surface area contributed by atoms with Crippen molar-refractivity contribution in [2.45, 2.75) is 20.3 Å². The van der Waals surface area contributed by atoms with Gasteiger partial charge in [0, 0.05) is 23.5 Å². The summed E-state index contributed by atoms with van der Waals surface area (Å²) < 4.78 is 0. The average Bonchev–Trinajstić information content (AvgIpc) is 2.41. The molecule has 2 N–H and O–H groups in total.